The Balaban J connectivity index is 4.04. The molecule has 0 aliphatic carbocycles. The highest BCUT2D eigenvalue weighted by Crippen LogP contribution is 2.14. The summed E-state index contributed by atoms with van der Waals surface area (Å²) in [6, 6.07) is 0. The summed E-state index contributed by atoms with van der Waals surface area (Å²) in [6.07, 6.45) is 21.9. The molecule has 0 aliphatic rings. The second-order valence-corrected chi connectivity index (χ2v) is 8.95. The van der Waals surface area contributed by atoms with Gasteiger partial charge in [-0.15, -0.1) is 0 Å². The van der Waals surface area contributed by atoms with Gasteiger partial charge in [-0.05, 0) is 111 Å². The van der Waals surface area contributed by atoms with Gasteiger partial charge in [0.15, 0.2) is 0 Å². The summed E-state index contributed by atoms with van der Waals surface area (Å²) in [5.41, 5.74) is 7.12. The third kappa shape index (κ3) is 19.7. The van der Waals surface area contributed by atoms with Gasteiger partial charge in [-0.2, -0.15) is 0 Å². The van der Waals surface area contributed by atoms with Crippen LogP contribution < -0.4 is 0 Å². The molecule has 0 heterocycles. The summed E-state index contributed by atoms with van der Waals surface area (Å²) in [7, 11) is 0. The van der Waals surface area contributed by atoms with Crippen LogP contribution in [0, 0.1) is 0 Å². The molecule has 0 saturated heterocycles. The van der Waals surface area contributed by atoms with Crippen LogP contribution in [0.1, 0.15) is 106 Å². The average Bonchev–Trinajstić information content (AvgIpc) is 2.63. The fourth-order valence-electron chi connectivity index (χ4n) is 3.04. The first-order valence-corrected chi connectivity index (χ1v) is 11.5. The summed E-state index contributed by atoms with van der Waals surface area (Å²) in [5.74, 6) is 0. The van der Waals surface area contributed by atoms with E-state index in [1.54, 1.807) is 0 Å². The van der Waals surface area contributed by atoms with Gasteiger partial charge in [0.1, 0.15) is 0 Å². The number of allylic oxidation sites excluding steroid dienone is 10. The number of hydrogen-bond acceptors (Lipinski definition) is 1. The van der Waals surface area contributed by atoms with Crippen LogP contribution in [0.5, 0.6) is 0 Å². The van der Waals surface area contributed by atoms with Crippen LogP contribution >= 0.6 is 11.6 Å². The molecule has 0 N–H and O–H groups in total. The third-order valence-electron chi connectivity index (χ3n) is 5.02. The van der Waals surface area contributed by atoms with E-state index < -0.39 is 0 Å². The SMILES string of the molecule is CC(C)=CCC/C(C)=C/CC/C(C)=C/CC/C=C(\C)CC/C=C(\C)CCC(=O)Cl. The van der Waals surface area contributed by atoms with E-state index in [2.05, 4.69) is 71.9 Å². The molecule has 0 bridgehead atoms. The van der Waals surface area contributed by atoms with Crippen LogP contribution in [0.15, 0.2) is 58.2 Å². The Morgan fingerprint density at radius 3 is 1.24 bits per heavy atom. The maximum absolute atomic E-state index is 10.8. The van der Waals surface area contributed by atoms with Crippen LogP contribution in [-0.4, -0.2) is 5.24 Å². The third-order valence-corrected chi connectivity index (χ3v) is 5.21. The maximum atomic E-state index is 10.8. The number of carbonyl (C=O) groups excluding carboxylic acids is 1. The lowest BCUT2D eigenvalue weighted by Crippen LogP contribution is -1.87. The van der Waals surface area contributed by atoms with Crippen molar-refractivity contribution < 1.29 is 4.79 Å². The van der Waals surface area contributed by atoms with E-state index in [1.165, 1.54) is 34.3 Å². The average molecular weight is 419 g/mol. The summed E-state index contributed by atoms with van der Waals surface area (Å²) in [6.45, 7) is 13.1. The van der Waals surface area contributed by atoms with Gasteiger partial charge in [0, 0.05) is 6.42 Å². The minimum absolute atomic E-state index is 0.247. The van der Waals surface area contributed by atoms with Crippen LogP contribution in [0.2, 0.25) is 0 Å². The van der Waals surface area contributed by atoms with E-state index in [0.29, 0.717) is 6.42 Å². The molecule has 2 heteroatoms. The molecule has 0 aliphatic heterocycles. The molecule has 0 radical (unpaired) electrons. The lowest BCUT2D eigenvalue weighted by atomic mass is 10.0. The van der Waals surface area contributed by atoms with E-state index in [-0.39, 0.29) is 5.24 Å². The van der Waals surface area contributed by atoms with Gasteiger partial charge in [0.25, 0.3) is 0 Å². The molecule has 1 nitrogen and oxygen atoms in total. The fraction of sp³-hybridized carbons (Fsp3) is 0.593. The van der Waals surface area contributed by atoms with Crippen molar-refractivity contribution in [1.29, 1.82) is 0 Å². The largest absolute Gasteiger partial charge is 0.281 e. The Morgan fingerprint density at radius 1 is 0.517 bits per heavy atom. The van der Waals surface area contributed by atoms with Crippen molar-refractivity contribution in [3.8, 4) is 0 Å². The number of rotatable bonds is 15. The van der Waals surface area contributed by atoms with Gasteiger partial charge in [0.2, 0.25) is 5.24 Å². The molecule has 0 unspecified atom stereocenters. The zero-order valence-electron chi connectivity index (χ0n) is 19.7. The maximum Gasteiger partial charge on any atom is 0.221 e. The van der Waals surface area contributed by atoms with Gasteiger partial charge in [-0.1, -0.05) is 58.2 Å². The molecule has 29 heavy (non-hydrogen) atoms. The van der Waals surface area contributed by atoms with Crippen molar-refractivity contribution in [2.45, 2.75) is 106 Å². The number of hydrogen-bond donors (Lipinski definition) is 0. The summed E-state index contributed by atoms with van der Waals surface area (Å²) in [5, 5.41) is -0.247. The van der Waals surface area contributed by atoms with E-state index in [0.717, 1.165) is 51.4 Å². The highest BCUT2D eigenvalue weighted by atomic mass is 35.5. The van der Waals surface area contributed by atoms with Gasteiger partial charge >= 0.3 is 0 Å². The predicted molar refractivity (Wildman–Crippen MR) is 131 cm³/mol. The van der Waals surface area contributed by atoms with Gasteiger partial charge < -0.3 is 0 Å². The first kappa shape index (κ1) is 27.7. The Hall–Kier alpha value is -1.34. The zero-order chi connectivity index (χ0) is 22.1. The number of unbranched alkanes of at least 4 members (excludes halogenated alkanes) is 1. The van der Waals surface area contributed by atoms with Gasteiger partial charge in [-0.3, -0.25) is 4.79 Å². The first-order chi connectivity index (χ1) is 13.7. The molecule has 164 valence electrons. The molecule has 0 aromatic rings. The number of carbonyl (C=O) groups is 1. The summed E-state index contributed by atoms with van der Waals surface area (Å²) >= 11 is 5.38. The van der Waals surface area contributed by atoms with Crippen LogP contribution in [0.3, 0.4) is 0 Å². The second-order valence-electron chi connectivity index (χ2n) is 8.53. The molecule has 0 spiro atoms. The Bertz CT molecular complexity index is 625. The van der Waals surface area contributed by atoms with Crippen LogP contribution in [0.25, 0.3) is 0 Å². The molecule has 0 aromatic carbocycles. The number of halogens is 1. The molecule has 0 saturated carbocycles. The van der Waals surface area contributed by atoms with Crippen LogP contribution in [0.4, 0.5) is 0 Å². The highest BCUT2D eigenvalue weighted by Gasteiger charge is 1.97. The van der Waals surface area contributed by atoms with E-state index in [9.17, 15) is 4.79 Å². The summed E-state index contributed by atoms with van der Waals surface area (Å²) in [4.78, 5) is 10.8. The minimum Gasteiger partial charge on any atom is -0.281 e. The second kappa shape index (κ2) is 17.5. The predicted octanol–water partition coefficient (Wildman–Crippen LogP) is 9.40. The Kier molecular flexibility index (Phi) is 16.7. The molecule has 0 aromatic heterocycles. The lowest BCUT2D eigenvalue weighted by Gasteiger charge is -2.02. The van der Waals surface area contributed by atoms with E-state index in [1.807, 2.05) is 0 Å². The molecule has 0 fully saturated rings. The van der Waals surface area contributed by atoms with E-state index >= 15 is 0 Å². The first-order valence-electron chi connectivity index (χ1n) is 11.1. The molecular weight excluding hydrogens is 376 g/mol. The lowest BCUT2D eigenvalue weighted by molar-refractivity contribution is -0.111. The van der Waals surface area contributed by atoms with Crippen LogP contribution in [-0.2, 0) is 4.79 Å². The molecule has 0 amide bonds. The monoisotopic (exact) mass is 418 g/mol. The minimum atomic E-state index is -0.247. The van der Waals surface area contributed by atoms with Crippen molar-refractivity contribution in [2.24, 2.45) is 0 Å². The summed E-state index contributed by atoms with van der Waals surface area (Å²) < 4.78 is 0. The van der Waals surface area contributed by atoms with Crippen molar-refractivity contribution in [3.05, 3.63) is 58.2 Å². The van der Waals surface area contributed by atoms with Crippen molar-refractivity contribution in [2.75, 3.05) is 0 Å². The molecule has 0 atom stereocenters. The molecule has 0 rings (SSSR count). The zero-order valence-corrected chi connectivity index (χ0v) is 20.5. The van der Waals surface area contributed by atoms with Gasteiger partial charge in [0.05, 0.1) is 0 Å². The van der Waals surface area contributed by atoms with Crippen molar-refractivity contribution in [3.63, 3.8) is 0 Å². The van der Waals surface area contributed by atoms with E-state index in [4.69, 9.17) is 11.6 Å². The standard InChI is InChI=1S/C27H43ClO/c1-22(2)12-9-15-25(5)18-10-16-23(3)13-7-8-14-24(4)17-11-19-26(6)20-21-27(28)29/h12-14,18-19H,7-11,15-17,20-21H2,1-6H3/b23-13+,24-14+,25-18+,26-19+. The highest BCUT2D eigenvalue weighted by molar-refractivity contribution is 6.63. The van der Waals surface area contributed by atoms with Gasteiger partial charge in [-0.25, -0.2) is 0 Å². The molecular formula is C27H43ClO. The smallest absolute Gasteiger partial charge is 0.221 e. The normalized spacial score (nSPS) is 13.6. The van der Waals surface area contributed by atoms with Crippen molar-refractivity contribution in [1.82, 2.24) is 0 Å². The topological polar surface area (TPSA) is 17.1 Å². The quantitative estimate of drug-likeness (QED) is 0.147. The Labute approximate surface area is 185 Å². The van der Waals surface area contributed by atoms with Crippen molar-refractivity contribution >= 4 is 16.8 Å². The fourth-order valence-corrected chi connectivity index (χ4v) is 3.14. The Morgan fingerprint density at radius 2 is 0.862 bits per heavy atom.